The number of ether oxygens (including phenoxy) is 1. The first-order valence-electron chi connectivity index (χ1n) is 11.6. The Hall–Kier alpha value is -3.45. The van der Waals surface area contributed by atoms with E-state index in [0.29, 0.717) is 19.4 Å². The van der Waals surface area contributed by atoms with Crippen LogP contribution < -0.4 is 21.1 Å². The van der Waals surface area contributed by atoms with Gasteiger partial charge in [-0.15, -0.1) is 0 Å². The van der Waals surface area contributed by atoms with Crippen molar-refractivity contribution in [2.24, 2.45) is 5.73 Å². The van der Waals surface area contributed by atoms with E-state index in [2.05, 4.69) is 10.6 Å². The molecule has 0 aliphatic carbocycles. The molecule has 7 heteroatoms. The van der Waals surface area contributed by atoms with Crippen LogP contribution in [0.1, 0.15) is 56.6 Å². The van der Waals surface area contributed by atoms with Gasteiger partial charge in [0.1, 0.15) is 5.75 Å². The van der Waals surface area contributed by atoms with Crippen LogP contribution >= 0.6 is 0 Å². The zero-order valence-electron chi connectivity index (χ0n) is 20.0. The first-order chi connectivity index (χ1) is 16.4. The van der Waals surface area contributed by atoms with Crippen molar-refractivity contribution < 1.29 is 19.1 Å². The number of hydrogen-bond donors (Lipinski definition) is 3. The summed E-state index contributed by atoms with van der Waals surface area (Å²) in [5.41, 5.74) is 8.23. The van der Waals surface area contributed by atoms with Crippen LogP contribution in [0.2, 0.25) is 0 Å². The smallest absolute Gasteiger partial charge is 0.244 e. The lowest BCUT2D eigenvalue weighted by Gasteiger charge is -2.14. The molecular weight excluding hydrogens is 430 g/mol. The van der Waals surface area contributed by atoms with E-state index in [1.165, 1.54) is 13.0 Å². The third-order valence-electron chi connectivity index (χ3n) is 5.44. The van der Waals surface area contributed by atoms with E-state index >= 15 is 0 Å². The molecule has 0 spiro atoms. The lowest BCUT2D eigenvalue weighted by molar-refractivity contribution is -0.124. The van der Waals surface area contributed by atoms with Crippen molar-refractivity contribution in [3.63, 3.8) is 0 Å². The van der Waals surface area contributed by atoms with E-state index < -0.39 is 6.04 Å². The third kappa shape index (κ3) is 10.0. The van der Waals surface area contributed by atoms with Gasteiger partial charge in [0.05, 0.1) is 13.2 Å². The molecule has 0 saturated carbocycles. The molecule has 7 nitrogen and oxygen atoms in total. The standard InChI is InChI=1S/C27H35N3O4/c1-20(31)25(30-27(33)17-14-21-12-15-24(34-2)16-13-21)10-5-3-4-6-11-26(32)29-23-9-7-8-22(18-23)19-28/h7-9,12-18,25H,3-6,10-11,19,28H2,1-2H3,(H,29,32)(H,30,33)/b17-14+. The van der Waals surface area contributed by atoms with Crippen LogP contribution in [0.15, 0.2) is 54.6 Å². The molecule has 182 valence electrons. The topological polar surface area (TPSA) is 111 Å². The Labute approximate surface area is 201 Å². The highest BCUT2D eigenvalue weighted by Gasteiger charge is 2.15. The average Bonchev–Trinajstić information content (AvgIpc) is 2.84. The largest absolute Gasteiger partial charge is 0.497 e. The molecule has 4 N–H and O–H groups in total. The van der Waals surface area contributed by atoms with Gasteiger partial charge in [0, 0.05) is 24.7 Å². The number of anilines is 1. The van der Waals surface area contributed by atoms with Crippen molar-refractivity contribution in [1.29, 1.82) is 0 Å². The molecule has 0 saturated heterocycles. The maximum atomic E-state index is 12.2. The van der Waals surface area contributed by atoms with E-state index in [1.807, 2.05) is 48.5 Å². The number of rotatable bonds is 14. The highest BCUT2D eigenvalue weighted by atomic mass is 16.5. The number of Topliss-reactive ketones (excluding diaryl/α,β-unsaturated/α-hetero) is 1. The van der Waals surface area contributed by atoms with Crippen molar-refractivity contribution in [2.45, 2.75) is 58.0 Å². The molecule has 0 aromatic heterocycles. The van der Waals surface area contributed by atoms with Gasteiger partial charge in [0.2, 0.25) is 11.8 Å². The van der Waals surface area contributed by atoms with E-state index in [1.54, 1.807) is 13.2 Å². The molecule has 2 aromatic rings. The second-order valence-electron chi connectivity index (χ2n) is 8.18. The van der Waals surface area contributed by atoms with Gasteiger partial charge < -0.3 is 21.1 Å². The van der Waals surface area contributed by atoms with Gasteiger partial charge in [-0.1, -0.05) is 43.5 Å². The van der Waals surface area contributed by atoms with E-state index in [-0.39, 0.29) is 17.6 Å². The predicted molar refractivity (Wildman–Crippen MR) is 135 cm³/mol. The Balaban J connectivity index is 1.66. The Bertz CT molecular complexity index is 970. The minimum absolute atomic E-state index is 0.0216. The highest BCUT2D eigenvalue weighted by molar-refractivity contribution is 5.95. The number of benzene rings is 2. The number of hydrogen-bond acceptors (Lipinski definition) is 5. The normalized spacial score (nSPS) is 11.7. The van der Waals surface area contributed by atoms with Crippen molar-refractivity contribution >= 4 is 29.4 Å². The molecule has 2 amide bonds. The fraction of sp³-hybridized carbons (Fsp3) is 0.370. The molecule has 0 bridgehead atoms. The summed E-state index contributed by atoms with van der Waals surface area (Å²) in [4.78, 5) is 36.3. The van der Waals surface area contributed by atoms with Crippen LogP contribution in [0.5, 0.6) is 5.75 Å². The van der Waals surface area contributed by atoms with Gasteiger partial charge >= 0.3 is 0 Å². The van der Waals surface area contributed by atoms with Gasteiger partial charge in [-0.05, 0) is 61.2 Å². The van der Waals surface area contributed by atoms with Gasteiger partial charge in [-0.25, -0.2) is 0 Å². The number of carbonyl (C=O) groups is 3. The first-order valence-corrected chi connectivity index (χ1v) is 11.6. The molecule has 0 heterocycles. The summed E-state index contributed by atoms with van der Waals surface area (Å²) in [5, 5.41) is 5.67. The lowest BCUT2D eigenvalue weighted by Crippen LogP contribution is -2.38. The van der Waals surface area contributed by atoms with Gasteiger partial charge in [-0.3, -0.25) is 14.4 Å². The van der Waals surface area contributed by atoms with Crippen LogP contribution in [-0.4, -0.2) is 30.7 Å². The minimum atomic E-state index is -0.508. The minimum Gasteiger partial charge on any atom is -0.497 e. The molecule has 1 atom stereocenters. The highest BCUT2D eigenvalue weighted by Crippen LogP contribution is 2.14. The summed E-state index contributed by atoms with van der Waals surface area (Å²) < 4.78 is 5.11. The quantitative estimate of drug-likeness (QED) is 0.286. The Morgan fingerprint density at radius 3 is 2.44 bits per heavy atom. The second kappa shape index (κ2) is 14.6. The maximum absolute atomic E-state index is 12.2. The summed E-state index contributed by atoms with van der Waals surface area (Å²) in [7, 11) is 1.60. The molecule has 1 unspecified atom stereocenters. The zero-order chi connectivity index (χ0) is 24.8. The molecule has 34 heavy (non-hydrogen) atoms. The molecule has 0 radical (unpaired) electrons. The van der Waals surface area contributed by atoms with E-state index in [9.17, 15) is 14.4 Å². The molecule has 2 rings (SSSR count). The van der Waals surface area contributed by atoms with Crippen molar-refractivity contribution in [3.8, 4) is 5.75 Å². The summed E-state index contributed by atoms with van der Waals surface area (Å²) in [5.74, 6) is 0.361. The Morgan fingerprint density at radius 2 is 1.76 bits per heavy atom. The number of carbonyl (C=O) groups excluding carboxylic acids is 3. The molecule has 0 aliphatic rings. The number of nitrogens with one attached hydrogen (secondary N) is 2. The second-order valence-corrected chi connectivity index (χ2v) is 8.18. The van der Waals surface area contributed by atoms with Crippen LogP contribution in [0.4, 0.5) is 5.69 Å². The van der Waals surface area contributed by atoms with Crippen LogP contribution in [0.25, 0.3) is 6.08 Å². The van der Waals surface area contributed by atoms with E-state index in [0.717, 1.165) is 48.2 Å². The van der Waals surface area contributed by atoms with Gasteiger partial charge in [0.15, 0.2) is 5.78 Å². The fourth-order valence-corrected chi connectivity index (χ4v) is 3.47. The molecular formula is C27H35N3O4. The number of nitrogens with two attached hydrogens (primary N) is 1. The van der Waals surface area contributed by atoms with Crippen LogP contribution in [-0.2, 0) is 20.9 Å². The summed E-state index contributed by atoms with van der Waals surface area (Å²) in [6.45, 7) is 1.92. The number of ketones is 1. The monoisotopic (exact) mass is 465 g/mol. The summed E-state index contributed by atoms with van der Waals surface area (Å²) in [6.07, 6.45) is 7.48. The average molecular weight is 466 g/mol. The Morgan fingerprint density at radius 1 is 1.03 bits per heavy atom. The molecule has 0 fully saturated rings. The van der Waals surface area contributed by atoms with Crippen LogP contribution in [0, 0.1) is 0 Å². The number of unbranched alkanes of at least 4 members (excludes halogenated alkanes) is 3. The van der Waals surface area contributed by atoms with Crippen LogP contribution in [0.3, 0.4) is 0 Å². The first kappa shape index (κ1) is 26.8. The fourth-order valence-electron chi connectivity index (χ4n) is 3.47. The summed E-state index contributed by atoms with van der Waals surface area (Å²) in [6, 6.07) is 14.3. The maximum Gasteiger partial charge on any atom is 0.244 e. The van der Waals surface area contributed by atoms with Crippen molar-refractivity contribution in [1.82, 2.24) is 5.32 Å². The molecule has 2 aromatic carbocycles. The van der Waals surface area contributed by atoms with E-state index in [4.69, 9.17) is 10.5 Å². The summed E-state index contributed by atoms with van der Waals surface area (Å²) >= 11 is 0. The Kier molecular flexibility index (Phi) is 11.5. The lowest BCUT2D eigenvalue weighted by atomic mass is 10.0. The van der Waals surface area contributed by atoms with Gasteiger partial charge in [0.25, 0.3) is 0 Å². The van der Waals surface area contributed by atoms with Crippen molar-refractivity contribution in [2.75, 3.05) is 12.4 Å². The SMILES string of the molecule is COc1ccc(/C=C/C(=O)NC(CCCCCCC(=O)Nc2cccc(CN)c2)C(C)=O)cc1. The molecule has 0 aliphatic heterocycles. The number of amides is 2. The zero-order valence-corrected chi connectivity index (χ0v) is 20.0. The third-order valence-corrected chi connectivity index (χ3v) is 5.44. The predicted octanol–water partition coefficient (Wildman–Crippen LogP) is 4.22. The van der Waals surface area contributed by atoms with Crippen molar-refractivity contribution in [3.05, 3.63) is 65.7 Å². The van der Waals surface area contributed by atoms with Gasteiger partial charge in [-0.2, -0.15) is 0 Å². The number of methoxy groups -OCH3 is 1.